The summed E-state index contributed by atoms with van der Waals surface area (Å²) in [5.41, 5.74) is 0.134. The van der Waals surface area contributed by atoms with Gasteiger partial charge < -0.3 is 5.32 Å². The fourth-order valence-electron chi connectivity index (χ4n) is 3.61. The molecule has 1 aliphatic carbocycles. The number of hydrogen-bond donors (Lipinski definition) is 1. The highest BCUT2D eigenvalue weighted by molar-refractivity contribution is 5.92. The van der Waals surface area contributed by atoms with E-state index in [0.717, 1.165) is 30.6 Å². The zero-order chi connectivity index (χ0) is 23.3. The van der Waals surface area contributed by atoms with Crippen LogP contribution in [0.1, 0.15) is 36.8 Å². The van der Waals surface area contributed by atoms with Crippen molar-refractivity contribution in [3.05, 3.63) is 101 Å². The molecule has 1 atom stereocenters. The van der Waals surface area contributed by atoms with Gasteiger partial charge >= 0.3 is 6.18 Å². The van der Waals surface area contributed by atoms with Crippen LogP contribution in [-0.4, -0.2) is 18.0 Å². The van der Waals surface area contributed by atoms with Gasteiger partial charge in [-0.3, -0.25) is 4.79 Å². The van der Waals surface area contributed by atoms with Crippen LogP contribution in [0.2, 0.25) is 0 Å². The largest absolute Gasteiger partial charge is 0.416 e. The Morgan fingerprint density at radius 1 is 1.19 bits per heavy atom. The number of carbonyl (C=O) groups excluding carboxylic acids is 1. The second kappa shape index (κ2) is 9.98. The molecule has 6 heteroatoms. The lowest BCUT2D eigenvalue weighted by atomic mass is 9.92. The second-order valence-electron chi connectivity index (χ2n) is 7.79. The Morgan fingerprint density at radius 3 is 2.41 bits per heavy atom. The first-order valence-electron chi connectivity index (χ1n) is 10.4. The van der Waals surface area contributed by atoms with Crippen molar-refractivity contribution in [3.8, 4) is 0 Å². The molecule has 2 nitrogen and oxygen atoms in total. The van der Waals surface area contributed by atoms with E-state index in [9.17, 15) is 22.4 Å². The highest BCUT2D eigenvalue weighted by Crippen LogP contribution is 2.41. The van der Waals surface area contributed by atoms with E-state index >= 15 is 0 Å². The van der Waals surface area contributed by atoms with Crippen LogP contribution in [0.3, 0.4) is 0 Å². The molecule has 0 aliphatic heterocycles. The zero-order valence-corrected chi connectivity index (χ0v) is 17.8. The highest BCUT2D eigenvalue weighted by atomic mass is 19.4. The number of allylic oxidation sites excluding steroid dienone is 3. The maximum atomic E-state index is 14.8. The van der Waals surface area contributed by atoms with Crippen LogP contribution in [-0.2, 0) is 11.2 Å². The molecule has 1 unspecified atom stereocenters. The summed E-state index contributed by atoms with van der Waals surface area (Å²) >= 11 is 0. The minimum Gasteiger partial charge on any atom is -0.369 e. The molecule has 1 N–H and O–H groups in total. The van der Waals surface area contributed by atoms with E-state index in [1.54, 1.807) is 36.4 Å². The van der Waals surface area contributed by atoms with Crippen LogP contribution in [0.5, 0.6) is 0 Å². The highest BCUT2D eigenvalue weighted by Gasteiger charge is 2.37. The maximum absolute atomic E-state index is 14.8. The quantitative estimate of drug-likeness (QED) is 0.337. The number of anilines is 1. The number of carbonyl (C=O) groups is 1. The lowest BCUT2D eigenvalue weighted by molar-refractivity contribution is -0.118. The average molecular weight is 443 g/mol. The van der Waals surface area contributed by atoms with Crippen molar-refractivity contribution in [2.45, 2.75) is 44.3 Å². The van der Waals surface area contributed by atoms with E-state index in [-0.39, 0.29) is 17.7 Å². The Bertz CT molecular complexity index is 1030. The molecule has 0 spiro atoms. The molecular formula is C26H25F4NO. The van der Waals surface area contributed by atoms with Crippen molar-refractivity contribution in [1.82, 2.24) is 0 Å². The molecule has 32 heavy (non-hydrogen) atoms. The van der Waals surface area contributed by atoms with Gasteiger partial charge in [-0.1, -0.05) is 61.2 Å². The van der Waals surface area contributed by atoms with Gasteiger partial charge in [0.1, 0.15) is 11.9 Å². The molecule has 0 bridgehead atoms. The van der Waals surface area contributed by atoms with Crippen LogP contribution < -0.4 is 5.32 Å². The molecule has 0 amide bonds. The third-order valence-electron chi connectivity index (χ3n) is 5.37. The monoisotopic (exact) mass is 443 g/mol. The maximum Gasteiger partial charge on any atom is 0.416 e. The second-order valence-corrected chi connectivity index (χ2v) is 7.79. The SMILES string of the molecule is C=C/C(=C(\C=C/C)C(F)(F)F)C(Nc1ccc(C2CC2)cc1F)C(=O)Cc1ccccc1. The lowest BCUT2D eigenvalue weighted by Gasteiger charge is -2.24. The van der Waals surface area contributed by atoms with E-state index < -0.39 is 29.4 Å². The molecule has 168 valence electrons. The van der Waals surface area contributed by atoms with Gasteiger partial charge in [0.2, 0.25) is 0 Å². The Labute approximate surface area is 185 Å². The van der Waals surface area contributed by atoms with Crippen LogP contribution in [0.15, 0.2) is 84.5 Å². The van der Waals surface area contributed by atoms with Crippen molar-refractivity contribution in [2.75, 3.05) is 5.32 Å². The molecule has 0 saturated heterocycles. The summed E-state index contributed by atoms with van der Waals surface area (Å²) in [5, 5.41) is 2.73. The van der Waals surface area contributed by atoms with Crippen molar-refractivity contribution < 1.29 is 22.4 Å². The number of Topliss-reactive ketones (excluding diaryl/α,β-unsaturated/α-hetero) is 1. The first-order valence-corrected chi connectivity index (χ1v) is 10.4. The molecule has 1 aliphatic rings. The molecule has 1 saturated carbocycles. The van der Waals surface area contributed by atoms with Crippen molar-refractivity contribution in [1.29, 1.82) is 0 Å². The fraction of sp³-hybridized carbons (Fsp3) is 0.269. The summed E-state index contributed by atoms with van der Waals surface area (Å²) in [6.07, 6.45) is 0.317. The Morgan fingerprint density at radius 2 is 1.88 bits per heavy atom. The average Bonchev–Trinajstić information content (AvgIpc) is 3.59. The first-order chi connectivity index (χ1) is 15.2. The smallest absolute Gasteiger partial charge is 0.369 e. The number of rotatable bonds is 9. The third kappa shape index (κ3) is 5.75. The molecule has 0 aromatic heterocycles. The molecule has 3 rings (SSSR count). The molecule has 0 radical (unpaired) electrons. The van der Waals surface area contributed by atoms with Crippen molar-refractivity contribution in [3.63, 3.8) is 0 Å². The minimum absolute atomic E-state index is 0.0258. The molecule has 2 aromatic rings. The van der Waals surface area contributed by atoms with Crippen LogP contribution >= 0.6 is 0 Å². The summed E-state index contributed by atoms with van der Waals surface area (Å²) in [4.78, 5) is 13.2. The number of alkyl halides is 3. The fourth-order valence-corrected chi connectivity index (χ4v) is 3.61. The van der Waals surface area contributed by atoms with Crippen LogP contribution in [0, 0.1) is 5.82 Å². The summed E-state index contributed by atoms with van der Waals surface area (Å²) in [5.74, 6) is -0.804. The van der Waals surface area contributed by atoms with Crippen LogP contribution in [0.4, 0.5) is 23.2 Å². The molecular weight excluding hydrogens is 418 g/mol. The minimum atomic E-state index is -4.71. The molecule has 1 fully saturated rings. The Kier molecular flexibility index (Phi) is 7.33. The summed E-state index contributed by atoms with van der Waals surface area (Å²) in [6.45, 7) is 4.98. The molecule has 2 aromatic carbocycles. The van der Waals surface area contributed by atoms with Gasteiger partial charge in [0.15, 0.2) is 5.78 Å². The van der Waals surface area contributed by atoms with Gasteiger partial charge in [-0.2, -0.15) is 13.2 Å². The van der Waals surface area contributed by atoms with E-state index in [1.807, 2.05) is 0 Å². The van der Waals surface area contributed by atoms with E-state index in [4.69, 9.17) is 0 Å². The van der Waals surface area contributed by atoms with E-state index in [2.05, 4.69) is 11.9 Å². The van der Waals surface area contributed by atoms with Gasteiger partial charge in [0.05, 0.1) is 11.3 Å². The number of nitrogens with one attached hydrogen (secondary N) is 1. The van der Waals surface area contributed by atoms with Gasteiger partial charge in [-0.25, -0.2) is 4.39 Å². The lowest BCUT2D eigenvalue weighted by Crippen LogP contribution is -2.35. The third-order valence-corrected chi connectivity index (χ3v) is 5.37. The van der Waals surface area contributed by atoms with Gasteiger partial charge in [-0.05, 0) is 54.5 Å². The Balaban J connectivity index is 2.03. The van der Waals surface area contributed by atoms with Crippen LogP contribution in [0.25, 0.3) is 0 Å². The van der Waals surface area contributed by atoms with Gasteiger partial charge in [0.25, 0.3) is 0 Å². The predicted octanol–water partition coefficient (Wildman–Crippen LogP) is 6.92. The summed E-state index contributed by atoms with van der Waals surface area (Å²) < 4.78 is 56.2. The number of ketones is 1. The summed E-state index contributed by atoms with van der Waals surface area (Å²) in [7, 11) is 0. The number of hydrogen-bond acceptors (Lipinski definition) is 2. The first kappa shape index (κ1) is 23.5. The predicted molar refractivity (Wildman–Crippen MR) is 119 cm³/mol. The topological polar surface area (TPSA) is 29.1 Å². The summed E-state index contributed by atoms with van der Waals surface area (Å²) in [6, 6.07) is 11.9. The van der Waals surface area contributed by atoms with E-state index in [0.29, 0.717) is 11.5 Å². The van der Waals surface area contributed by atoms with E-state index in [1.165, 1.54) is 25.1 Å². The zero-order valence-electron chi connectivity index (χ0n) is 17.8. The number of halogens is 4. The Hall–Kier alpha value is -3.15. The van der Waals surface area contributed by atoms with Crippen molar-refractivity contribution >= 4 is 11.5 Å². The molecule has 0 heterocycles. The van der Waals surface area contributed by atoms with Gasteiger partial charge in [-0.15, -0.1) is 0 Å². The standard InChI is InChI=1S/C26H25F4NO/c1-3-8-21(26(28,29)30)20(4-2)25(24(32)15-17-9-6-5-7-10-17)31-23-14-13-19(16-22(23)27)18-11-12-18/h3-10,13-14,16,18,25,31H,2,11-12,15H2,1H3/b8-3-,21-20-. The van der Waals surface area contributed by atoms with Gasteiger partial charge in [0, 0.05) is 6.42 Å². The number of benzene rings is 2. The normalized spacial score (nSPS) is 15.9. The van der Waals surface area contributed by atoms with Crippen molar-refractivity contribution in [2.24, 2.45) is 0 Å².